The first-order valence-electron chi connectivity index (χ1n) is 14.9. The van der Waals surface area contributed by atoms with Crippen molar-refractivity contribution in [2.45, 2.75) is 57.8 Å². The van der Waals surface area contributed by atoms with Crippen LogP contribution in [-0.2, 0) is 18.9 Å². The highest BCUT2D eigenvalue weighted by Gasteiger charge is 2.37. The molecule has 0 fully saturated rings. The summed E-state index contributed by atoms with van der Waals surface area (Å²) >= 11 is 0. The van der Waals surface area contributed by atoms with Gasteiger partial charge < -0.3 is 18.9 Å². The van der Waals surface area contributed by atoms with Gasteiger partial charge in [-0.1, -0.05) is 24.3 Å². The zero-order chi connectivity index (χ0) is 27.2. The fourth-order valence-electron chi connectivity index (χ4n) is 7.21. The van der Waals surface area contributed by atoms with Crippen molar-refractivity contribution in [2.75, 3.05) is 12.3 Å². The summed E-state index contributed by atoms with van der Waals surface area (Å²) in [6.45, 7) is 0. The Morgan fingerprint density at radius 3 is 1.00 bits per heavy atom. The zero-order valence-electron chi connectivity index (χ0n) is 23.2. The van der Waals surface area contributed by atoms with Gasteiger partial charge in [0.05, 0.1) is 25.0 Å². The van der Waals surface area contributed by atoms with E-state index in [2.05, 4.69) is 24.3 Å². The minimum Gasteiger partial charge on any atom is -0.464 e. The highest BCUT2D eigenvalue weighted by atomic mass is 31.1. The molecular formula is C35H34O4P2. The molecule has 0 aromatic heterocycles. The molecule has 0 aromatic rings. The molecule has 0 N–H and O–H groups in total. The lowest BCUT2D eigenvalue weighted by Crippen LogP contribution is -2.02. The van der Waals surface area contributed by atoms with Crippen molar-refractivity contribution in [1.82, 2.24) is 0 Å². The molecule has 0 saturated heterocycles. The molecule has 0 amide bonds. The maximum Gasteiger partial charge on any atom is 0.133 e. The lowest BCUT2D eigenvalue weighted by molar-refractivity contribution is 0.356. The largest absolute Gasteiger partial charge is 0.464 e. The van der Waals surface area contributed by atoms with Crippen molar-refractivity contribution in [2.24, 2.45) is 0 Å². The molecule has 208 valence electrons. The van der Waals surface area contributed by atoms with Crippen molar-refractivity contribution in [3.05, 3.63) is 140 Å². The maximum absolute atomic E-state index is 6.19. The standard InChI is InChI=1S/C35H34O4P2/c1-6-24-10-14-28(32(24)36-18-1)40(29-15-11-25-7-2-19-37-33(25)29)22-5-23-41(30-16-12-26-8-3-20-38-34(26)30)31-17-13-27-9-4-21-39-35(27)31/h1-4,6-9,18-21H,5,10-17,22-23H2. The van der Waals surface area contributed by atoms with E-state index in [-0.39, 0.29) is 0 Å². The molecule has 41 heavy (non-hydrogen) atoms. The lowest BCUT2D eigenvalue weighted by atomic mass is 10.2. The third kappa shape index (κ3) is 4.61. The molecule has 0 bridgehead atoms. The molecular weight excluding hydrogens is 546 g/mol. The third-order valence-electron chi connectivity index (χ3n) is 9.05. The van der Waals surface area contributed by atoms with Crippen LogP contribution in [0.4, 0.5) is 0 Å². The van der Waals surface area contributed by atoms with Crippen LogP contribution in [-0.4, -0.2) is 12.3 Å². The van der Waals surface area contributed by atoms with Gasteiger partial charge in [-0.2, -0.15) is 0 Å². The minimum atomic E-state index is -0.506. The molecule has 4 heterocycles. The summed E-state index contributed by atoms with van der Waals surface area (Å²) in [7, 11) is -1.01. The predicted octanol–water partition coefficient (Wildman–Crippen LogP) is 10.2. The molecule has 0 atom stereocenters. The van der Waals surface area contributed by atoms with Gasteiger partial charge in [-0.25, -0.2) is 0 Å². The van der Waals surface area contributed by atoms with Crippen LogP contribution in [0.3, 0.4) is 0 Å². The Kier molecular flexibility index (Phi) is 6.86. The van der Waals surface area contributed by atoms with E-state index in [0.29, 0.717) is 0 Å². The summed E-state index contributed by atoms with van der Waals surface area (Å²) in [6.07, 6.45) is 36.8. The number of ether oxygens (including phenoxy) is 4. The van der Waals surface area contributed by atoms with Crippen LogP contribution in [0.25, 0.3) is 0 Å². The van der Waals surface area contributed by atoms with E-state index in [9.17, 15) is 0 Å². The fraction of sp³-hybridized carbons (Fsp3) is 0.314. The number of rotatable bonds is 8. The zero-order valence-corrected chi connectivity index (χ0v) is 25.0. The quantitative estimate of drug-likeness (QED) is 0.268. The van der Waals surface area contributed by atoms with Crippen LogP contribution >= 0.6 is 15.8 Å². The first-order chi connectivity index (χ1) is 20.3. The van der Waals surface area contributed by atoms with Gasteiger partial charge in [-0.3, -0.25) is 0 Å². The molecule has 4 aliphatic carbocycles. The Hall–Kier alpha value is -3.06. The molecule has 6 heteroatoms. The average molecular weight is 581 g/mol. The highest BCUT2D eigenvalue weighted by molar-refractivity contribution is 7.67. The van der Waals surface area contributed by atoms with Crippen molar-refractivity contribution < 1.29 is 18.9 Å². The van der Waals surface area contributed by atoms with Gasteiger partial charge in [-0.05, 0) is 133 Å². The Balaban J connectivity index is 1.12. The van der Waals surface area contributed by atoms with Crippen LogP contribution < -0.4 is 0 Å². The predicted molar refractivity (Wildman–Crippen MR) is 166 cm³/mol. The molecule has 8 aliphatic rings. The van der Waals surface area contributed by atoms with Crippen molar-refractivity contribution >= 4 is 15.8 Å². The fourth-order valence-corrected chi connectivity index (χ4v) is 13.4. The van der Waals surface area contributed by atoms with E-state index in [1.165, 1.54) is 62.3 Å². The van der Waals surface area contributed by atoms with E-state index < -0.39 is 15.8 Å². The Morgan fingerprint density at radius 2 is 0.707 bits per heavy atom. The van der Waals surface area contributed by atoms with Crippen molar-refractivity contribution in [3.8, 4) is 0 Å². The van der Waals surface area contributed by atoms with Gasteiger partial charge >= 0.3 is 0 Å². The smallest absolute Gasteiger partial charge is 0.133 e. The number of fused-ring (bicyclic) bond motifs is 4. The first-order valence-corrected chi connectivity index (χ1v) is 18.0. The monoisotopic (exact) mass is 580 g/mol. The minimum absolute atomic E-state index is 0.506. The molecule has 4 nitrogen and oxygen atoms in total. The van der Waals surface area contributed by atoms with E-state index in [0.717, 1.165) is 74.4 Å². The lowest BCUT2D eigenvalue weighted by Gasteiger charge is -2.27. The molecule has 0 spiro atoms. The van der Waals surface area contributed by atoms with E-state index >= 15 is 0 Å². The molecule has 0 radical (unpaired) electrons. The second kappa shape index (κ2) is 11.0. The summed E-state index contributed by atoms with van der Waals surface area (Å²) in [4.78, 5) is 0. The third-order valence-corrected chi connectivity index (χ3v) is 14.9. The Morgan fingerprint density at radius 1 is 0.415 bits per heavy atom. The Labute approximate surface area is 244 Å². The SMILES string of the molecule is C1=COC2=C(P(CCCP(C3=C4OC=CC=C4CC3)C3=C4OC=CC=C4CC3)C3=C4OC=CC=C4CC3)CCC2=C1. The van der Waals surface area contributed by atoms with E-state index in [1.54, 1.807) is 0 Å². The van der Waals surface area contributed by atoms with Gasteiger partial charge in [0, 0.05) is 21.3 Å². The van der Waals surface area contributed by atoms with Gasteiger partial charge in [0.1, 0.15) is 23.0 Å². The van der Waals surface area contributed by atoms with Gasteiger partial charge in [0.25, 0.3) is 0 Å². The molecule has 8 rings (SSSR count). The van der Waals surface area contributed by atoms with Crippen LogP contribution in [0.5, 0.6) is 0 Å². The van der Waals surface area contributed by atoms with Gasteiger partial charge in [0.15, 0.2) is 0 Å². The number of hydrogen-bond donors (Lipinski definition) is 0. The summed E-state index contributed by atoms with van der Waals surface area (Å²) < 4.78 is 24.7. The van der Waals surface area contributed by atoms with Crippen molar-refractivity contribution in [1.29, 1.82) is 0 Å². The van der Waals surface area contributed by atoms with Crippen LogP contribution in [0.15, 0.2) is 140 Å². The summed E-state index contributed by atoms with van der Waals surface area (Å²) in [5, 5.41) is 6.13. The Bertz CT molecular complexity index is 1340. The van der Waals surface area contributed by atoms with Crippen molar-refractivity contribution in [3.63, 3.8) is 0 Å². The van der Waals surface area contributed by atoms with Gasteiger partial charge in [-0.15, -0.1) is 0 Å². The average Bonchev–Trinajstić information content (AvgIpc) is 3.82. The van der Waals surface area contributed by atoms with E-state index in [1.807, 2.05) is 49.4 Å². The molecule has 0 saturated carbocycles. The second-order valence-corrected chi connectivity index (χ2v) is 16.1. The van der Waals surface area contributed by atoms with Gasteiger partial charge in [0.2, 0.25) is 0 Å². The molecule has 0 unspecified atom stereocenters. The maximum atomic E-state index is 6.19. The highest BCUT2D eigenvalue weighted by Crippen LogP contribution is 2.67. The topological polar surface area (TPSA) is 36.9 Å². The summed E-state index contributed by atoms with van der Waals surface area (Å²) in [6, 6.07) is 0. The molecule has 4 aliphatic heterocycles. The van der Waals surface area contributed by atoms with Crippen LogP contribution in [0.1, 0.15) is 57.8 Å². The first kappa shape index (κ1) is 25.6. The van der Waals surface area contributed by atoms with E-state index in [4.69, 9.17) is 18.9 Å². The second-order valence-electron chi connectivity index (χ2n) is 11.3. The van der Waals surface area contributed by atoms with Crippen LogP contribution in [0.2, 0.25) is 0 Å². The molecule has 0 aromatic carbocycles. The normalized spacial score (nSPS) is 23.7. The number of hydrogen-bond acceptors (Lipinski definition) is 4. The summed E-state index contributed by atoms with van der Waals surface area (Å²) in [5.41, 5.74) is 5.45. The summed E-state index contributed by atoms with van der Waals surface area (Å²) in [5.74, 6) is 4.59. The van der Waals surface area contributed by atoms with Crippen LogP contribution in [0, 0.1) is 0 Å². The number of allylic oxidation sites excluding steroid dienone is 16.